The first kappa shape index (κ1) is 24.3. The largest absolute Gasteiger partial charge is 0.456 e. The lowest BCUT2D eigenvalue weighted by Crippen LogP contribution is -2.11. The first-order valence-electron chi connectivity index (χ1n) is 14.8. The molecule has 0 amide bonds. The Bertz CT molecular complexity index is 2630. The molecule has 10 rings (SSSR count). The summed E-state index contributed by atoms with van der Waals surface area (Å²) in [6.07, 6.45) is 0. The molecule has 44 heavy (non-hydrogen) atoms. The minimum atomic E-state index is 0.899. The molecule has 0 spiro atoms. The van der Waals surface area contributed by atoms with Gasteiger partial charge in [-0.05, 0) is 53.9 Å². The smallest absolute Gasteiger partial charge is 0.138 e. The summed E-state index contributed by atoms with van der Waals surface area (Å²) in [4.78, 5) is 2.46. The highest BCUT2D eigenvalue weighted by atomic mass is 32.1. The van der Waals surface area contributed by atoms with Crippen molar-refractivity contribution >= 4 is 113 Å². The average Bonchev–Trinajstić information content (AvgIpc) is 3.75. The number of anilines is 3. The fourth-order valence-corrected chi connectivity index (χ4v) is 9.15. The number of furan rings is 1. The summed E-state index contributed by atoms with van der Waals surface area (Å²) in [5.74, 6) is 0. The lowest BCUT2D eigenvalue weighted by molar-refractivity contribution is 0.669. The minimum Gasteiger partial charge on any atom is -0.456 e. The van der Waals surface area contributed by atoms with E-state index in [0.29, 0.717) is 0 Å². The molecule has 0 bridgehead atoms. The molecule has 0 radical (unpaired) electrons. The summed E-state index contributed by atoms with van der Waals surface area (Å²) in [5.41, 5.74) is 5.21. The van der Waals surface area contributed by atoms with Crippen LogP contribution in [0.15, 0.2) is 144 Å². The lowest BCUT2D eigenvalue weighted by atomic mass is 10.0. The van der Waals surface area contributed by atoms with E-state index in [2.05, 4.69) is 138 Å². The summed E-state index contributed by atoms with van der Waals surface area (Å²) < 4.78 is 11.7. The van der Waals surface area contributed by atoms with Crippen molar-refractivity contribution in [2.75, 3.05) is 4.90 Å². The van der Waals surface area contributed by atoms with Gasteiger partial charge in [0, 0.05) is 62.5 Å². The van der Waals surface area contributed by atoms with E-state index in [0.717, 1.165) is 44.4 Å². The Morgan fingerprint density at radius 2 is 0.932 bits per heavy atom. The molecule has 3 aromatic heterocycles. The van der Waals surface area contributed by atoms with Crippen molar-refractivity contribution in [2.24, 2.45) is 0 Å². The second-order valence-corrected chi connectivity index (χ2v) is 13.5. The Hall–Kier alpha value is -5.16. The van der Waals surface area contributed by atoms with Gasteiger partial charge in [0.05, 0.1) is 11.1 Å². The van der Waals surface area contributed by atoms with Crippen LogP contribution in [0.25, 0.3) is 73.1 Å². The lowest BCUT2D eigenvalue weighted by Gasteiger charge is -2.28. The van der Waals surface area contributed by atoms with E-state index >= 15 is 0 Å². The first-order chi connectivity index (χ1) is 21.8. The fraction of sp³-hybridized carbons (Fsp3) is 0. The van der Waals surface area contributed by atoms with Crippen LogP contribution in [-0.2, 0) is 0 Å². The molecular weight excluding hydrogens is 575 g/mol. The topological polar surface area (TPSA) is 16.4 Å². The summed E-state index contributed by atoms with van der Waals surface area (Å²) in [6.45, 7) is 0. The average molecular weight is 598 g/mol. The van der Waals surface area contributed by atoms with Gasteiger partial charge in [-0.15, -0.1) is 22.7 Å². The van der Waals surface area contributed by atoms with Gasteiger partial charge in [-0.3, -0.25) is 0 Å². The number of thiophene rings is 2. The highest BCUT2D eigenvalue weighted by Crippen LogP contribution is 2.49. The monoisotopic (exact) mass is 597 g/mol. The van der Waals surface area contributed by atoms with E-state index in [-0.39, 0.29) is 0 Å². The molecule has 3 heterocycles. The van der Waals surface area contributed by atoms with E-state index in [1.54, 1.807) is 0 Å². The SMILES string of the molecule is c1ccc2c(N(c3ccc4c(c3)sc3ccccc34)c3ccc4c(c3)sc3ccccc34)c3c(cc2c1)oc1ccccc13. The molecule has 0 aliphatic heterocycles. The van der Waals surface area contributed by atoms with E-state index in [4.69, 9.17) is 4.42 Å². The van der Waals surface area contributed by atoms with E-state index < -0.39 is 0 Å². The van der Waals surface area contributed by atoms with Crippen molar-refractivity contribution < 1.29 is 4.42 Å². The molecule has 10 aromatic rings. The molecule has 2 nitrogen and oxygen atoms in total. The van der Waals surface area contributed by atoms with Gasteiger partial charge in [-0.25, -0.2) is 0 Å². The third-order valence-electron chi connectivity index (χ3n) is 8.83. The maximum absolute atomic E-state index is 6.52. The van der Waals surface area contributed by atoms with Crippen LogP contribution in [0, 0.1) is 0 Å². The summed E-state index contributed by atoms with van der Waals surface area (Å²) in [5, 5.41) is 9.82. The van der Waals surface area contributed by atoms with Crippen molar-refractivity contribution in [3.8, 4) is 0 Å². The molecule has 0 N–H and O–H groups in total. The maximum Gasteiger partial charge on any atom is 0.138 e. The van der Waals surface area contributed by atoms with Gasteiger partial charge in [0.25, 0.3) is 0 Å². The zero-order chi connectivity index (χ0) is 28.8. The molecule has 0 saturated heterocycles. The quantitative estimate of drug-likeness (QED) is 0.201. The Labute approximate surface area is 260 Å². The molecule has 0 fully saturated rings. The van der Waals surface area contributed by atoms with E-state index in [1.165, 1.54) is 45.7 Å². The molecular formula is C40H23NOS2. The Balaban J connectivity index is 1.34. The standard InChI is InChI=1S/C40H23NOS2/c1-2-10-27-24(9-1)21-34-39(32-13-3-6-14-33(32)42-34)40(27)41(25-17-19-30-28-11-4-7-15-35(28)43-37(30)22-25)26-18-20-31-29-12-5-8-16-36(29)44-38(31)23-26/h1-23H. The Kier molecular flexibility index (Phi) is 5.06. The molecule has 206 valence electrons. The predicted octanol–water partition coefficient (Wildman–Crippen LogP) is 12.9. The molecule has 4 heteroatoms. The highest BCUT2D eigenvalue weighted by Gasteiger charge is 2.23. The Morgan fingerprint density at radius 3 is 1.59 bits per heavy atom. The van der Waals surface area contributed by atoms with Crippen LogP contribution in [0.3, 0.4) is 0 Å². The third kappa shape index (κ3) is 3.47. The predicted molar refractivity (Wildman–Crippen MR) is 192 cm³/mol. The second kappa shape index (κ2) is 9.17. The van der Waals surface area contributed by atoms with E-state index in [9.17, 15) is 0 Å². The van der Waals surface area contributed by atoms with Gasteiger partial charge in [0.2, 0.25) is 0 Å². The van der Waals surface area contributed by atoms with Gasteiger partial charge in [0.1, 0.15) is 11.2 Å². The number of hydrogen-bond acceptors (Lipinski definition) is 4. The maximum atomic E-state index is 6.52. The number of para-hydroxylation sites is 1. The molecule has 0 unspecified atom stereocenters. The molecule has 0 atom stereocenters. The number of fused-ring (bicyclic) bond motifs is 10. The van der Waals surface area contributed by atoms with Crippen molar-refractivity contribution in [2.45, 2.75) is 0 Å². The zero-order valence-corrected chi connectivity index (χ0v) is 25.1. The van der Waals surface area contributed by atoms with Crippen molar-refractivity contribution in [3.63, 3.8) is 0 Å². The van der Waals surface area contributed by atoms with Gasteiger partial charge in [-0.1, -0.05) is 91.0 Å². The Morgan fingerprint density at radius 1 is 0.409 bits per heavy atom. The molecule has 0 aliphatic carbocycles. The van der Waals surface area contributed by atoms with Crippen molar-refractivity contribution in [3.05, 3.63) is 140 Å². The van der Waals surface area contributed by atoms with Gasteiger partial charge < -0.3 is 9.32 Å². The summed E-state index contributed by atoms with van der Waals surface area (Å²) in [7, 11) is 0. The number of benzene rings is 7. The van der Waals surface area contributed by atoms with Crippen LogP contribution in [0.2, 0.25) is 0 Å². The fourth-order valence-electron chi connectivity index (χ4n) is 6.87. The number of hydrogen-bond donors (Lipinski definition) is 0. The van der Waals surface area contributed by atoms with Crippen LogP contribution in [0.5, 0.6) is 0 Å². The van der Waals surface area contributed by atoms with Crippen LogP contribution < -0.4 is 4.90 Å². The van der Waals surface area contributed by atoms with Crippen LogP contribution in [0.1, 0.15) is 0 Å². The summed E-state index contributed by atoms with van der Waals surface area (Å²) >= 11 is 3.71. The van der Waals surface area contributed by atoms with Crippen LogP contribution in [-0.4, -0.2) is 0 Å². The minimum absolute atomic E-state index is 0.899. The molecule has 7 aromatic carbocycles. The van der Waals surface area contributed by atoms with E-state index in [1.807, 2.05) is 28.7 Å². The second-order valence-electron chi connectivity index (χ2n) is 11.3. The van der Waals surface area contributed by atoms with Crippen molar-refractivity contribution in [1.82, 2.24) is 0 Å². The van der Waals surface area contributed by atoms with Gasteiger partial charge in [0.15, 0.2) is 0 Å². The van der Waals surface area contributed by atoms with Gasteiger partial charge >= 0.3 is 0 Å². The van der Waals surface area contributed by atoms with Gasteiger partial charge in [-0.2, -0.15) is 0 Å². The molecule has 0 saturated carbocycles. The molecule has 0 aliphatic rings. The normalized spacial score (nSPS) is 12.1. The van der Waals surface area contributed by atoms with Crippen LogP contribution >= 0.6 is 22.7 Å². The first-order valence-corrected chi connectivity index (χ1v) is 16.4. The zero-order valence-electron chi connectivity index (χ0n) is 23.5. The number of rotatable bonds is 3. The number of nitrogens with zero attached hydrogens (tertiary/aromatic N) is 1. The van der Waals surface area contributed by atoms with Crippen LogP contribution in [0.4, 0.5) is 17.1 Å². The van der Waals surface area contributed by atoms with Crippen molar-refractivity contribution in [1.29, 1.82) is 0 Å². The third-order valence-corrected chi connectivity index (χ3v) is 11.1. The highest BCUT2D eigenvalue weighted by molar-refractivity contribution is 7.26. The summed E-state index contributed by atoms with van der Waals surface area (Å²) in [6, 6.07) is 50.6.